The summed E-state index contributed by atoms with van der Waals surface area (Å²) in [6.07, 6.45) is 1.38. The quantitative estimate of drug-likeness (QED) is 0.468. The van der Waals surface area contributed by atoms with Gasteiger partial charge in [-0.3, -0.25) is 19.7 Å². The smallest absolute Gasteiger partial charge is 0.307 e. The summed E-state index contributed by atoms with van der Waals surface area (Å²) in [5, 5.41) is 13.3. The molecule has 0 aliphatic rings. The Hall–Kier alpha value is -2.38. The molecule has 1 rings (SSSR count). The van der Waals surface area contributed by atoms with E-state index in [1.165, 1.54) is 16.8 Å². The topological polar surface area (TPSA) is 103 Å². The monoisotopic (exact) mass is 297 g/mol. The summed E-state index contributed by atoms with van der Waals surface area (Å²) in [5.74, 6) is -0.857. The van der Waals surface area contributed by atoms with E-state index in [1.807, 2.05) is 13.8 Å². The number of esters is 1. The van der Waals surface area contributed by atoms with Gasteiger partial charge in [-0.25, -0.2) is 0 Å². The number of rotatable bonds is 7. The molecule has 1 aromatic heterocycles. The summed E-state index contributed by atoms with van der Waals surface area (Å²) in [7, 11) is 0. The lowest BCUT2D eigenvalue weighted by atomic mass is 10.3. The minimum absolute atomic E-state index is 0.0596. The molecule has 0 aromatic carbocycles. The first-order valence-corrected chi connectivity index (χ1v) is 6.66. The maximum absolute atomic E-state index is 12.0. The van der Waals surface area contributed by atoms with E-state index in [2.05, 4.69) is 5.32 Å². The molecule has 0 spiro atoms. The van der Waals surface area contributed by atoms with Gasteiger partial charge in [-0.2, -0.15) is 0 Å². The van der Waals surface area contributed by atoms with Crippen molar-refractivity contribution >= 4 is 17.6 Å². The number of carbonyl (C=O) groups is 2. The van der Waals surface area contributed by atoms with E-state index in [-0.39, 0.29) is 37.0 Å². The Labute approximate surface area is 122 Å². The molecule has 0 radical (unpaired) electrons. The van der Waals surface area contributed by atoms with Gasteiger partial charge in [0.05, 0.1) is 24.1 Å². The molecular weight excluding hydrogens is 278 g/mol. The van der Waals surface area contributed by atoms with Crippen LogP contribution < -0.4 is 5.32 Å². The van der Waals surface area contributed by atoms with Gasteiger partial charge in [-0.05, 0) is 20.8 Å². The maximum Gasteiger partial charge on any atom is 0.307 e. The number of carbonyl (C=O) groups excluding carboxylic acids is 2. The van der Waals surface area contributed by atoms with E-state index >= 15 is 0 Å². The predicted octanol–water partition coefficient (Wildman–Crippen LogP) is 1.66. The molecule has 21 heavy (non-hydrogen) atoms. The van der Waals surface area contributed by atoms with Crippen molar-refractivity contribution in [3.8, 4) is 0 Å². The van der Waals surface area contributed by atoms with Crippen molar-refractivity contribution in [1.82, 2.24) is 9.88 Å². The molecule has 8 heteroatoms. The summed E-state index contributed by atoms with van der Waals surface area (Å²) in [5.41, 5.74) is 0.0554. The van der Waals surface area contributed by atoms with Gasteiger partial charge in [0.2, 0.25) is 0 Å². The van der Waals surface area contributed by atoms with E-state index in [0.717, 1.165) is 0 Å². The molecule has 0 fully saturated rings. The molecule has 8 nitrogen and oxygen atoms in total. The molecule has 1 N–H and O–H groups in total. The van der Waals surface area contributed by atoms with Crippen LogP contribution in [0.4, 0.5) is 5.69 Å². The highest BCUT2D eigenvalue weighted by Gasteiger charge is 2.20. The van der Waals surface area contributed by atoms with Gasteiger partial charge in [-0.15, -0.1) is 0 Å². The van der Waals surface area contributed by atoms with Crippen molar-refractivity contribution in [2.24, 2.45) is 0 Å². The number of nitro groups is 1. The van der Waals surface area contributed by atoms with Gasteiger partial charge in [0.15, 0.2) is 0 Å². The average molecular weight is 297 g/mol. The standard InChI is InChI=1S/C13H19N3O5/c1-4-21-12(17)5-6-14-13(18)11-7-10(16(19)20)8-15(11)9(2)3/h7-9H,4-6H2,1-3H3,(H,14,18). The second-order valence-electron chi connectivity index (χ2n) is 4.65. The lowest BCUT2D eigenvalue weighted by Crippen LogP contribution is -2.28. The first-order valence-electron chi connectivity index (χ1n) is 6.66. The summed E-state index contributed by atoms with van der Waals surface area (Å²) < 4.78 is 6.27. The summed E-state index contributed by atoms with van der Waals surface area (Å²) >= 11 is 0. The normalized spacial score (nSPS) is 10.5. The first kappa shape index (κ1) is 16.7. The van der Waals surface area contributed by atoms with Crippen LogP contribution in [-0.4, -0.2) is 34.5 Å². The third-order valence-electron chi connectivity index (χ3n) is 2.75. The molecule has 0 atom stereocenters. The maximum atomic E-state index is 12.0. The molecule has 0 unspecified atom stereocenters. The van der Waals surface area contributed by atoms with E-state index in [4.69, 9.17) is 4.74 Å². The molecule has 0 aliphatic heterocycles. The number of aromatic nitrogens is 1. The van der Waals surface area contributed by atoms with Crippen LogP contribution in [0.2, 0.25) is 0 Å². The number of ether oxygens (including phenoxy) is 1. The zero-order valence-corrected chi connectivity index (χ0v) is 12.3. The van der Waals surface area contributed by atoms with Crippen molar-refractivity contribution < 1.29 is 19.2 Å². The summed E-state index contributed by atoms with van der Waals surface area (Å²) in [6.45, 7) is 5.74. The molecule has 1 aromatic rings. The predicted molar refractivity (Wildman–Crippen MR) is 75.1 cm³/mol. The average Bonchev–Trinajstić information content (AvgIpc) is 2.84. The van der Waals surface area contributed by atoms with Crippen molar-refractivity contribution in [3.63, 3.8) is 0 Å². The van der Waals surface area contributed by atoms with Crippen LogP contribution in [0, 0.1) is 10.1 Å². The highest BCUT2D eigenvalue weighted by molar-refractivity contribution is 5.93. The van der Waals surface area contributed by atoms with E-state index in [9.17, 15) is 19.7 Å². The molecule has 0 aliphatic carbocycles. The van der Waals surface area contributed by atoms with Crippen LogP contribution in [0.1, 0.15) is 43.7 Å². The van der Waals surface area contributed by atoms with Crippen molar-refractivity contribution in [2.45, 2.75) is 33.2 Å². The van der Waals surface area contributed by atoms with Crippen LogP contribution in [-0.2, 0) is 9.53 Å². The van der Waals surface area contributed by atoms with Gasteiger partial charge in [0, 0.05) is 18.7 Å². The van der Waals surface area contributed by atoms with Gasteiger partial charge >= 0.3 is 5.97 Å². The zero-order valence-electron chi connectivity index (χ0n) is 12.3. The Morgan fingerprint density at radius 3 is 2.67 bits per heavy atom. The van der Waals surface area contributed by atoms with Crippen molar-refractivity contribution in [3.05, 3.63) is 28.1 Å². The molecule has 1 heterocycles. The fourth-order valence-electron chi connectivity index (χ4n) is 1.78. The molecule has 1 amide bonds. The van der Waals surface area contributed by atoms with E-state index in [1.54, 1.807) is 6.92 Å². The minimum atomic E-state index is -0.547. The zero-order chi connectivity index (χ0) is 16.0. The minimum Gasteiger partial charge on any atom is -0.466 e. The third-order valence-corrected chi connectivity index (χ3v) is 2.75. The third kappa shape index (κ3) is 4.59. The van der Waals surface area contributed by atoms with E-state index < -0.39 is 16.8 Å². The second kappa shape index (κ2) is 7.41. The van der Waals surface area contributed by atoms with Crippen LogP contribution in [0.3, 0.4) is 0 Å². The van der Waals surface area contributed by atoms with Gasteiger partial charge in [-0.1, -0.05) is 0 Å². The number of nitrogens with one attached hydrogen (secondary N) is 1. The molecular formula is C13H19N3O5. The Morgan fingerprint density at radius 1 is 1.48 bits per heavy atom. The second-order valence-corrected chi connectivity index (χ2v) is 4.65. The Morgan fingerprint density at radius 2 is 2.14 bits per heavy atom. The van der Waals surface area contributed by atoms with Crippen LogP contribution in [0.15, 0.2) is 12.3 Å². The fourth-order valence-corrected chi connectivity index (χ4v) is 1.78. The Bertz CT molecular complexity index is 536. The van der Waals surface area contributed by atoms with Crippen LogP contribution in [0.25, 0.3) is 0 Å². The largest absolute Gasteiger partial charge is 0.466 e. The summed E-state index contributed by atoms with van der Waals surface area (Å²) in [6, 6.07) is 1.13. The Kier molecular flexibility index (Phi) is 5.89. The fraction of sp³-hybridized carbons (Fsp3) is 0.538. The van der Waals surface area contributed by atoms with E-state index in [0.29, 0.717) is 0 Å². The number of hydrogen-bond acceptors (Lipinski definition) is 5. The highest BCUT2D eigenvalue weighted by Crippen LogP contribution is 2.20. The first-order chi connectivity index (χ1) is 9.86. The van der Waals surface area contributed by atoms with Crippen molar-refractivity contribution in [2.75, 3.05) is 13.2 Å². The number of hydrogen-bond donors (Lipinski definition) is 1. The molecule has 0 saturated carbocycles. The van der Waals surface area contributed by atoms with Crippen molar-refractivity contribution in [1.29, 1.82) is 0 Å². The lowest BCUT2D eigenvalue weighted by molar-refractivity contribution is -0.384. The van der Waals surface area contributed by atoms with Gasteiger partial charge < -0.3 is 14.6 Å². The number of amides is 1. The molecule has 0 bridgehead atoms. The van der Waals surface area contributed by atoms with Crippen LogP contribution >= 0.6 is 0 Å². The molecule has 116 valence electrons. The summed E-state index contributed by atoms with van der Waals surface area (Å²) in [4.78, 5) is 33.4. The van der Waals surface area contributed by atoms with Crippen LogP contribution in [0.5, 0.6) is 0 Å². The molecule has 0 saturated heterocycles. The SMILES string of the molecule is CCOC(=O)CCNC(=O)c1cc([N+](=O)[O-])cn1C(C)C. The Balaban J connectivity index is 2.73. The van der Waals surface area contributed by atoms with Gasteiger partial charge in [0.1, 0.15) is 5.69 Å². The lowest BCUT2D eigenvalue weighted by Gasteiger charge is -2.12. The van der Waals surface area contributed by atoms with Gasteiger partial charge in [0.25, 0.3) is 11.6 Å². The number of nitrogens with zero attached hydrogens (tertiary/aromatic N) is 2. The highest BCUT2D eigenvalue weighted by atomic mass is 16.6.